The Hall–Kier alpha value is 3.15. The van der Waals surface area contributed by atoms with E-state index in [1.54, 1.807) is 0 Å². The molecule has 12 heteroatoms. The number of alkyl halides is 11. The Bertz CT molecular complexity index is 266. The molecule has 17 heavy (non-hydrogen) atoms. The Kier molecular flexibility index (Phi) is 6.80. The first kappa shape index (κ1) is 20.1. The lowest BCUT2D eigenvalue weighted by atomic mass is 10.1. The lowest BCUT2D eigenvalue weighted by Gasteiger charge is -2.48. The summed E-state index contributed by atoms with van der Waals surface area (Å²) in [6, 6.07) is 0. The van der Waals surface area contributed by atoms with Gasteiger partial charge < -0.3 is 5.11 Å². The van der Waals surface area contributed by atoms with E-state index in [1.165, 1.54) is 0 Å². The van der Waals surface area contributed by atoms with Gasteiger partial charge in [-0.15, -0.1) is 11.6 Å². The Morgan fingerprint density at radius 3 is 0.824 bits per heavy atom. The highest BCUT2D eigenvalue weighted by atomic mass is 35.6. The molecule has 0 fully saturated rings. The van der Waals surface area contributed by atoms with Gasteiger partial charge in [-0.25, -0.2) is 0 Å². The maximum atomic E-state index is 9.44. The molecule has 0 rings (SSSR count). The first-order valence-corrected chi connectivity index (χ1v) is 7.46. The average Bonchev–Trinajstić information content (AvgIpc) is 1.95. The molecule has 0 aliphatic carbocycles. The van der Waals surface area contributed by atoms with Gasteiger partial charge in [0.1, 0.15) is 0 Å². The van der Waals surface area contributed by atoms with Crippen molar-refractivity contribution in [2.24, 2.45) is 0 Å². The number of hydrogen-bond donors (Lipinski definition) is 1. The predicted molar refractivity (Wildman–Crippen MR) is 80.3 cm³/mol. The molecule has 0 saturated carbocycles. The molecule has 0 saturated heterocycles. The molecule has 0 aliphatic rings. The molecule has 0 aromatic heterocycles. The van der Waals surface area contributed by atoms with Gasteiger partial charge in [-0.3, -0.25) is 0 Å². The van der Waals surface area contributed by atoms with Crippen LogP contribution in [0.25, 0.3) is 0 Å². The van der Waals surface area contributed by atoms with Gasteiger partial charge in [-0.1, -0.05) is 116 Å². The van der Waals surface area contributed by atoms with Crippen LogP contribution in [-0.4, -0.2) is 26.4 Å². The fraction of sp³-hybridized carbons (Fsp3) is 1.00. The van der Waals surface area contributed by atoms with E-state index in [0.29, 0.717) is 0 Å². The standard InChI is InChI=1S/C5HCl11O/c6-1(3(9,10)11,4(12,13)14)2(7,8)5(15,16)17/h17H. The maximum absolute atomic E-state index is 9.44. The minimum atomic E-state index is -2.87. The summed E-state index contributed by atoms with van der Waals surface area (Å²) in [7, 11) is 0. The van der Waals surface area contributed by atoms with Crippen LogP contribution in [0.3, 0.4) is 0 Å². The van der Waals surface area contributed by atoms with E-state index in [0.717, 1.165) is 0 Å². The lowest BCUT2D eigenvalue weighted by molar-refractivity contribution is 0.173. The summed E-state index contributed by atoms with van der Waals surface area (Å²) in [5.41, 5.74) is 0. The van der Waals surface area contributed by atoms with Crippen molar-refractivity contribution in [3.8, 4) is 0 Å². The Morgan fingerprint density at radius 1 is 0.529 bits per heavy atom. The van der Waals surface area contributed by atoms with Gasteiger partial charge in [-0.05, 0) is 0 Å². The van der Waals surface area contributed by atoms with Crippen LogP contribution in [0.15, 0.2) is 0 Å². The maximum Gasteiger partial charge on any atom is 0.250 e. The highest BCUT2D eigenvalue weighted by molar-refractivity contribution is 6.81. The van der Waals surface area contributed by atoms with Crippen molar-refractivity contribution in [3.05, 3.63) is 0 Å². The molecule has 0 unspecified atom stereocenters. The van der Waals surface area contributed by atoms with Crippen LogP contribution in [-0.2, 0) is 0 Å². The summed E-state index contributed by atoms with van der Waals surface area (Å²) in [5, 5.41) is 9.44. The molecule has 0 bridgehead atoms. The minimum Gasteiger partial charge on any atom is -0.360 e. The third kappa shape index (κ3) is 3.67. The molecule has 0 spiro atoms. The molecule has 0 aromatic carbocycles. The fourth-order valence-electron chi connectivity index (χ4n) is 0.724. The smallest absolute Gasteiger partial charge is 0.250 e. The minimum absolute atomic E-state index is 2.53. The molecule has 104 valence electrons. The third-order valence-electron chi connectivity index (χ3n) is 1.59. The van der Waals surface area contributed by atoms with Crippen molar-refractivity contribution in [1.29, 1.82) is 0 Å². The van der Waals surface area contributed by atoms with Crippen molar-refractivity contribution in [2.75, 3.05) is 0 Å². The van der Waals surface area contributed by atoms with E-state index in [4.69, 9.17) is 128 Å². The molecular formula is C5HCl11O. The van der Waals surface area contributed by atoms with E-state index >= 15 is 0 Å². The molecule has 0 aromatic rings. The van der Waals surface area contributed by atoms with Gasteiger partial charge in [0.25, 0.3) is 4.52 Å². The summed E-state index contributed by atoms with van der Waals surface area (Å²) in [6.07, 6.45) is 0. The number of rotatable bonds is 2. The second-order valence-corrected chi connectivity index (χ2v) is 10.5. The molecule has 0 atom stereocenters. The monoisotopic (exact) mass is 462 g/mol. The van der Waals surface area contributed by atoms with E-state index in [2.05, 4.69) is 0 Å². The second kappa shape index (κ2) is 5.74. The highest BCUT2D eigenvalue weighted by Gasteiger charge is 2.76. The molecule has 0 heterocycles. The molecule has 0 radical (unpaired) electrons. The first-order chi connectivity index (χ1) is 7.00. The van der Waals surface area contributed by atoms with Gasteiger partial charge in [0.05, 0.1) is 0 Å². The van der Waals surface area contributed by atoms with Crippen LogP contribution >= 0.6 is 128 Å². The van der Waals surface area contributed by atoms with Gasteiger partial charge in [0.15, 0.2) is 4.87 Å². The van der Waals surface area contributed by atoms with Crippen molar-refractivity contribution in [3.63, 3.8) is 0 Å². The van der Waals surface area contributed by atoms with Crippen molar-refractivity contribution in [2.45, 2.75) is 21.3 Å². The van der Waals surface area contributed by atoms with Crippen LogP contribution in [0.1, 0.15) is 0 Å². The molecular weight excluding hydrogens is 466 g/mol. The number of halogens is 11. The van der Waals surface area contributed by atoms with Crippen molar-refractivity contribution < 1.29 is 5.11 Å². The normalized spacial score (nSPS) is 16.2. The molecule has 0 amide bonds. The highest BCUT2D eigenvalue weighted by Crippen LogP contribution is 2.67. The van der Waals surface area contributed by atoms with Gasteiger partial charge >= 0.3 is 0 Å². The van der Waals surface area contributed by atoms with Crippen LogP contribution in [0.2, 0.25) is 0 Å². The predicted octanol–water partition coefficient (Wildman–Crippen LogP) is 6.00. The fourth-order valence-corrected chi connectivity index (χ4v) is 4.52. The first-order valence-electron chi connectivity index (χ1n) is 3.30. The summed E-state index contributed by atoms with van der Waals surface area (Å²) < 4.78 is -10.7. The van der Waals surface area contributed by atoms with E-state index < -0.39 is 21.3 Å². The Labute approximate surface area is 152 Å². The van der Waals surface area contributed by atoms with Crippen molar-refractivity contribution >= 4 is 128 Å². The average molecular weight is 467 g/mol. The van der Waals surface area contributed by atoms with Crippen LogP contribution < -0.4 is 0 Å². The van der Waals surface area contributed by atoms with Gasteiger partial charge in [-0.2, -0.15) is 0 Å². The molecule has 1 nitrogen and oxygen atoms in total. The zero-order valence-electron chi connectivity index (χ0n) is 7.10. The SMILES string of the molecule is OC(Cl)(Cl)C(Cl)(Cl)C(Cl)(C(Cl)(Cl)Cl)C(Cl)(Cl)Cl. The zero-order valence-corrected chi connectivity index (χ0v) is 15.4. The van der Waals surface area contributed by atoms with Crippen LogP contribution in [0.5, 0.6) is 0 Å². The van der Waals surface area contributed by atoms with E-state index in [1.807, 2.05) is 0 Å². The zero-order chi connectivity index (χ0) is 14.5. The van der Waals surface area contributed by atoms with Crippen LogP contribution in [0, 0.1) is 0 Å². The van der Waals surface area contributed by atoms with E-state index in [9.17, 15) is 5.11 Å². The second-order valence-electron chi connectivity index (χ2n) is 2.77. The Morgan fingerprint density at radius 2 is 0.765 bits per heavy atom. The number of aliphatic hydroxyl groups is 1. The summed E-state index contributed by atoms with van der Waals surface area (Å²) >= 11 is 61.4. The third-order valence-corrected chi connectivity index (χ3v) is 6.98. The Balaban J connectivity index is 6.04. The largest absolute Gasteiger partial charge is 0.360 e. The van der Waals surface area contributed by atoms with E-state index in [-0.39, 0.29) is 0 Å². The van der Waals surface area contributed by atoms with Crippen molar-refractivity contribution in [1.82, 2.24) is 0 Å². The molecule has 0 aliphatic heterocycles. The molecule has 1 N–H and O–H groups in total. The summed E-state index contributed by atoms with van der Waals surface area (Å²) in [6.45, 7) is 0. The summed E-state index contributed by atoms with van der Waals surface area (Å²) in [5.74, 6) is 0. The quantitative estimate of drug-likeness (QED) is 0.494. The number of hydrogen-bond acceptors (Lipinski definition) is 1. The van der Waals surface area contributed by atoms with Gasteiger partial charge in [0, 0.05) is 0 Å². The topological polar surface area (TPSA) is 20.2 Å². The van der Waals surface area contributed by atoms with Crippen LogP contribution in [0.4, 0.5) is 0 Å². The lowest BCUT2D eigenvalue weighted by Crippen LogP contribution is -2.65. The van der Waals surface area contributed by atoms with Gasteiger partial charge in [0.2, 0.25) is 11.9 Å². The summed E-state index contributed by atoms with van der Waals surface area (Å²) in [4.78, 5) is -2.66.